The summed E-state index contributed by atoms with van der Waals surface area (Å²) in [5.74, 6) is 1.25. The summed E-state index contributed by atoms with van der Waals surface area (Å²) >= 11 is 1.75. The normalized spacial score (nSPS) is 10.0. The number of nitrogens with zero attached hydrogens (tertiary/aromatic N) is 1. The molecule has 0 radical (unpaired) electrons. The highest BCUT2D eigenvalue weighted by molar-refractivity contribution is 7.97. The van der Waals surface area contributed by atoms with Crippen LogP contribution in [0.15, 0.2) is 48.5 Å². The summed E-state index contributed by atoms with van der Waals surface area (Å²) in [7, 11) is 0. The Hall–Kier alpha value is -1.79. The molecule has 2 aromatic rings. The predicted octanol–water partition coefficient (Wildman–Crippen LogP) is 4.13. The minimum Gasteiger partial charge on any atom is -0.206 e. The standard InChI is InChI=1S/C15H12FNS/c16-15-7-6-13(8-14(15)9-17)11-18-10-12-4-2-1-3-5-12/h1-8H,10-11H2. The first-order chi connectivity index (χ1) is 8.79. The van der Waals surface area contributed by atoms with Gasteiger partial charge in [-0.25, -0.2) is 4.39 Å². The zero-order valence-corrected chi connectivity index (χ0v) is 10.6. The maximum absolute atomic E-state index is 13.1. The molecule has 0 unspecified atom stereocenters. The average Bonchev–Trinajstić information content (AvgIpc) is 2.42. The fraction of sp³-hybridized carbons (Fsp3) is 0.133. The van der Waals surface area contributed by atoms with Gasteiger partial charge in [-0.15, -0.1) is 0 Å². The van der Waals surface area contributed by atoms with Crippen molar-refractivity contribution in [3.63, 3.8) is 0 Å². The molecule has 18 heavy (non-hydrogen) atoms. The molecule has 90 valence electrons. The second kappa shape index (κ2) is 6.23. The van der Waals surface area contributed by atoms with Crippen molar-refractivity contribution in [2.45, 2.75) is 11.5 Å². The van der Waals surface area contributed by atoms with Crippen LogP contribution in [0.25, 0.3) is 0 Å². The first-order valence-electron chi connectivity index (χ1n) is 5.60. The summed E-state index contributed by atoms with van der Waals surface area (Å²) in [6.07, 6.45) is 0. The third kappa shape index (κ3) is 3.35. The lowest BCUT2D eigenvalue weighted by molar-refractivity contribution is 0.623. The van der Waals surface area contributed by atoms with Crippen molar-refractivity contribution in [1.82, 2.24) is 0 Å². The topological polar surface area (TPSA) is 23.8 Å². The molecule has 1 nitrogen and oxygen atoms in total. The lowest BCUT2D eigenvalue weighted by Crippen LogP contribution is -1.88. The molecule has 0 spiro atoms. The zero-order valence-electron chi connectivity index (χ0n) is 9.77. The Labute approximate surface area is 110 Å². The Kier molecular flexibility index (Phi) is 4.38. The summed E-state index contributed by atoms with van der Waals surface area (Å²) < 4.78 is 13.1. The zero-order chi connectivity index (χ0) is 12.8. The van der Waals surface area contributed by atoms with E-state index in [4.69, 9.17) is 5.26 Å². The van der Waals surface area contributed by atoms with E-state index < -0.39 is 5.82 Å². The van der Waals surface area contributed by atoms with Gasteiger partial charge in [-0.3, -0.25) is 0 Å². The number of hydrogen-bond donors (Lipinski definition) is 0. The van der Waals surface area contributed by atoms with Crippen molar-refractivity contribution in [1.29, 1.82) is 5.26 Å². The van der Waals surface area contributed by atoms with E-state index in [1.54, 1.807) is 23.9 Å². The second-order valence-electron chi connectivity index (χ2n) is 3.90. The van der Waals surface area contributed by atoms with E-state index in [2.05, 4.69) is 12.1 Å². The Morgan fingerprint density at radius 2 is 1.72 bits per heavy atom. The third-order valence-electron chi connectivity index (χ3n) is 2.53. The Morgan fingerprint density at radius 1 is 1.00 bits per heavy atom. The molecule has 2 rings (SSSR count). The molecule has 0 heterocycles. The van der Waals surface area contributed by atoms with Gasteiger partial charge in [-0.05, 0) is 23.3 Å². The highest BCUT2D eigenvalue weighted by atomic mass is 32.2. The number of rotatable bonds is 4. The SMILES string of the molecule is N#Cc1cc(CSCc2ccccc2)ccc1F. The van der Waals surface area contributed by atoms with Gasteiger partial charge in [0.1, 0.15) is 11.9 Å². The van der Waals surface area contributed by atoms with Crippen LogP contribution in [0.4, 0.5) is 4.39 Å². The number of benzene rings is 2. The summed E-state index contributed by atoms with van der Waals surface area (Å²) in [4.78, 5) is 0. The van der Waals surface area contributed by atoms with E-state index in [0.29, 0.717) is 0 Å². The molecule has 0 aromatic heterocycles. The van der Waals surface area contributed by atoms with Crippen molar-refractivity contribution in [3.8, 4) is 6.07 Å². The van der Waals surface area contributed by atoms with Gasteiger partial charge in [-0.2, -0.15) is 17.0 Å². The molecule has 0 saturated heterocycles. The number of hydrogen-bond acceptors (Lipinski definition) is 2. The molecule has 0 atom stereocenters. The Bertz CT molecular complexity index is 560. The fourth-order valence-electron chi connectivity index (χ4n) is 1.61. The molecule has 0 bridgehead atoms. The fourth-order valence-corrected chi connectivity index (χ4v) is 2.55. The molecule has 0 saturated carbocycles. The van der Waals surface area contributed by atoms with Crippen molar-refractivity contribution < 1.29 is 4.39 Å². The molecule has 0 fully saturated rings. The van der Waals surface area contributed by atoms with Gasteiger partial charge in [0.15, 0.2) is 0 Å². The predicted molar refractivity (Wildman–Crippen MR) is 72.6 cm³/mol. The van der Waals surface area contributed by atoms with E-state index in [0.717, 1.165) is 17.1 Å². The van der Waals surface area contributed by atoms with Crippen molar-refractivity contribution in [2.75, 3.05) is 0 Å². The average molecular weight is 257 g/mol. The van der Waals surface area contributed by atoms with Crippen LogP contribution in [0.3, 0.4) is 0 Å². The van der Waals surface area contributed by atoms with Gasteiger partial charge in [0.2, 0.25) is 0 Å². The van der Waals surface area contributed by atoms with E-state index >= 15 is 0 Å². The second-order valence-corrected chi connectivity index (χ2v) is 4.89. The number of nitriles is 1. The highest BCUT2D eigenvalue weighted by Gasteiger charge is 2.02. The van der Waals surface area contributed by atoms with Gasteiger partial charge >= 0.3 is 0 Å². The highest BCUT2D eigenvalue weighted by Crippen LogP contribution is 2.19. The molecular weight excluding hydrogens is 245 g/mol. The first-order valence-corrected chi connectivity index (χ1v) is 6.75. The summed E-state index contributed by atoms with van der Waals surface area (Å²) in [5.41, 5.74) is 2.37. The minimum absolute atomic E-state index is 0.118. The van der Waals surface area contributed by atoms with Crippen LogP contribution < -0.4 is 0 Å². The van der Waals surface area contributed by atoms with Crippen LogP contribution in [-0.2, 0) is 11.5 Å². The van der Waals surface area contributed by atoms with E-state index in [9.17, 15) is 4.39 Å². The number of thioether (sulfide) groups is 1. The third-order valence-corrected chi connectivity index (χ3v) is 3.61. The molecule has 0 aliphatic rings. The van der Waals surface area contributed by atoms with Gasteiger partial charge in [0.25, 0.3) is 0 Å². The summed E-state index contributed by atoms with van der Waals surface area (Å²) in [6, 6.07) is 16.8. The van der Waals surface area contributed by atoms with E-state index in [-0.39, 0.29) is 5.56 Å². The lowest BCUT2D eigenvalue weighted by Gasteiger charge is -2.03. The van der Waals surface area contributed by atoms with E-state index in [1.165, 1.54) is 11.6 Å². The van der Waals surface area contributed by atoms with Crippen LogP contribution >= 0.6 is 11.8 Å². The summed E-state index contributed by atoms with van der Waals surface area (Å²) in [5, 5.41) is 8.75. The van der Waals surface area contributed by atoms with Gasteiger partial charge < -0.3 is 0 Å². The summed E-state index contributed by atoms with van der Waals surface area (Å²) in [6.45, 7) is 0. The van der Waals surface area contributed by atoms with Crippen LogP contribution in [0.5, 0.6) is 0 Å². The monoisotopic (exact) mass is 257 g/mol. The van der Waals surface area contributed by atoms with E-state index in [1.807, 2.05) is 24.3 Å². The molecular formula is C15H12FNS. The van der Waals surface area contributed by atoms with Gasteiger partial charge in [0, 0.05) is 11.5 Å². The maximum atomic E-state index is 13.1. The van der Waals surface area contributed by atoms with Gasteiger partial charge in [-0.1, -0.05) is 36.4 Å². The Morgan fingerprint density at radius 3 is 2.44 bits per heavy atom. The molecule has 2 aromatic carbocycles. The van der Waals surface area contributed by atoms with Crippen LogP contribution in [0.1, 0.15) is 16.7 Å². The molecule has 0 aliphatic carbocycles. The number of halogens is 1. The maximum Gasteiger partial charge on any atom is 0.140 e. The molecule has 3 heteroatoms. The van der Waals surface area contributed by atoms with Crippen LogP contribution in [-0.4, -0.2) is 0 Å². The molecule has 0 N–H and O–H groups in total. The van der Waals surface area contributed by atoms with Crippen LogP contribution in [0, 0.1) is 17.1 Å². The van der Waals surface area contributed by atoms with Crippen molar-refractivity contribution in [3.05, 3.63) is 71.0 Å². The lowest BCUT2D eigenvalue weighted by atomic mass is 10.1. The van der Waals surface area contributed by atoms with Gasteiger partial charge in [0.05, 0.1) is 5.56 Å². The quantitative estimate of drug-likeness (QED) is 0.822. The largest absolute Gasteiger partial charge is 0.206 e. The Balaban J connectivity index is 1.93. The molecule has 0 aliphatic heterocycles. The molecule has 0 amide bonds. The van der Waals surface area contributed by atoms with Crippen molar-refractivity contribution in [2.24, 2.45) is 0 Å². The minimum atomic E-state index is -0.450. The van der Waals surface area contributed by atoms with Crippen molar-refractivity contribution >= 4 is 11.8 Å². The first kappa shape index (κ1) is 12.7. The smallest absolute Gasteiger partial charge is 0.140 e. The van der Waals surface area contributed by atoms with Crippen LogP contribution in [0.2, 0.25) is 0 Å².